The van der Waals surface area contributed by atoms with Crippen molar-refractivity contribution < 1.29 is 29.3 Å². The highest BCUT2D eigenvalue weighted by atomic mass is 32.2. The summed E-state index contributed by atoms with van der Waals surface area (Å²) in [5, 5.41) is 18.2. The Bertz CT molecular complexity index is 378. The minimum absolute atomic E-state index is 0.0273. The second-order valence-corrected chi connectivity index (χ2v) is 5.64. The van der Waals surface area contributed by atoms with Gasteiger partial charge in [0.25, 0.3) is 0 Å². The lowest BCUT2D eigenvalue weighted by Gasteiger charge is -2.14. The number of ether oxygens (including phenoxy) is 1. The van der Waals surface area contributed by atoms with E-state index in [1.807, 2.05) is 6.92 Å². The number of carboxylic acid groups (broad SMARTS) is 1. The van der Waals surface area contributed by atoms with E-state index in [1.54, 1.807) is 0 Å². The summed E-state index contributed by atoms with van der Waals surface area (Å²) < 4.78 is 4.90. The normalized spacial score (nSPS) is 14.3. The van der Waals surface area contributed by atoms with Gasteiger partial charge >= 0.3 is 11.9 Å². The fourth-order valence-electron chi connectivity index (χ4n) is 1.46. The first-order valence-electron chi connectivity index (χ1n) is 6.76. The van der Waals surface area contributed by atoms with Gasteiger partial charge in [-0.15, -0.1) is 11.8 Å². The van der Waals surface area contributed by atoms with Crippen molar-refractivity contribution >= 4 is 30.0 Å². The van der Waals surface area contributed by atoms with Crippen LogP contribution in [0.15, 0.2) is 11.0 Å². The predicted octanol–water partition coefficient (Wildman–Crippen LogP) is 1.62. The van der Waals surface area contributed by atoms with Gasteiger partial charge in [-0.05, 0) is 31.1 Å². The van der Waals surface area contributed by atoms with Crippen LogP contribution < -0.4 is 0 Å². The molecule has 0 heterocycles. The SMILES string of the molecule is CCCOC(=O)CS/C(=C\C(=O)O)CC[C@H](C=O)[C@@H](C)O. The average molecular weight is 318 g/mol. The number of rotatable bonds is 11. The van der Waals surface area contributed by atoms with Crippen molar-refractivity contribution in [2.45, 2.75) is 39.2 Å². The largest absolute Gasteiger partial charge is 0.478 e. The number of thioether (sulfide) groups is 1. The molecule has 0 aromatic carbocycles. The number of aliphatic hydroxyl groups excluding tert-OH is 1. The van der Waals surface area contributed by atoms with E-state index in [0.29, 0.717) is 30.6 Å². The first-order valence-corrected chi connectivity index (χ1v) is 7.74. The minimum atomic E-state index is -1.11. The third-order valence-electron chi connectivity index (χ3n) is 2.65. The molecule has 7 heteroatoms. The summed E-state index contributed by atoms with van der Waals surface area (Å²) in [4.78, 5) is 33.4. The van der Waals surface area contributed by atoms with Crippen LogP contribution in [0.4, 0.5) is 0 Å². The van der Waals surface area contributed by atoms with Gasteiger partial charge in [0.2, 0.25) is 0 Å². The van der Waals surface area contributed by atoms with Crippen LogP contribution in [0, 0.1) is 5.92 Å². The first-order chi connectivity index (χ1) is 9.90. The maximum Gasteiger partial charge on any atom is 0.329 e. The summed E-state index contributed by atoms with van der Waals surface area (Å²) in [6.07, 6.45) is 2.26. The number of aliphatic hydroxyl groups is 1. The van der Waals surface area contributed by atoms with E-state index >= 15 is 0 Å². The van der Waals surface area contributed by atoms with Gasteiger partial charge in [-0.25, -0.2) is 4.79 Å². The molecule has 0 fully saturated rings. The van der Waals surface area contributed by atoms with Gasteiger partial charge < -0.3 is 19.7 Å². The fraction of sp³-hybridized carbons (Fsp3) is 0.643. The zero-order valence-corrected chi connectivity index (χ0v) is 13.1. The molecule has 2 atom stereocenters. The molecule has 0 saturated carbocycles. The Morgan fingerprint density at radius 3 is 2.52 bits per heavy atom. The van der Waals surface area contributed by atoms with Crippen molar-refractivity contribution in [3.05, 3.63) is 11.0 Å². The summed E-state index contributed by atoms with van der Waals surface area (Å²) >= 11 is 1.08. The Morgan fingerprint density at radius 2 is 2.05 bits per heavy atom. The molecule has 0 aromatic rings. The average Bonchev–Trinajstić information content (AvgIpc) is 2.41. The highest BCUT2D eigenvalue weighted by Gasteiger charge is 2.15. The van der Waals surface area contributed by atoms with Crippen molar-refractivity contribution in [1.29, 1.82) is 0 Å². The summed E-state index contributed by atoms with van der Waals surface area (Å²) in [5.74, 6) is -2.03. The van der Waals surface area contributed by atoms with Crippen LogP contribution in [-0.4, -0.2) is 46.9 Å². The number of hydrogen-bond donors (Lipinski definition) is 2. The van der Waals surface area contributed by atoms with Crippen molar-refractivity contribution in [1.82, 2.24) is 0 Å². The second kappa shape index (κ2) is 11.3. The molecule has 0 aliphatic carbocycles. The van der Waals surface area contributed by atoms with E-state index in [9.17, 15) is 19.5 Å². The molecule has 0 amide bonds. The van der Waals surface area contributed by atoms with Gasteiger partial charge in [-0.1, -0.05) is 6.92 Å². The molecule has 0 unspecified atom stereocenters. The Labute approximate surface area is 128 Å². The van der Waals surface area contributed by atoms with Crippen LogP contribution in [-0.2, 0) is 19.1 Å². The van der Waals surface area contributed by atoms with E-state index in [-0.39, 0.29) is 5.75 Å². The highest BCUT2D eigenvalue weighted by Crippen LogP contribution is 2.24. The Hall–Kier alpha value is -1.34. The third kappa shape index (κ3) is 10.1. The van der Waals surface area contributed by atoms with Gasteiger partial charge in [-0.3, -0.25) is 4.79 Å². The molecule has 0 bridgehead atoms. The quantitative estimate of drug-likeness (QED) is 0.339. The van der Waals surface area contributed by atoms with E-state index in [4.69, 9.17) is 9.84 Å². The van der Waals surface area contributed by atoms with Gasteiger partial charge in [0.1, 0.15) is 6.29 Å². The molecule has 21 heavy (non-hydrogen) atoms. The zero-order valence-electron chi connectivity index (χ0n) is 12.3. The smallest absolute Gasteiger partial charge is 0.329 e. The number of aldehydes is 1. The molecule has 2 N–H and O–H groups in total. The van der Waals surface area contributed by atoms with Gasteiger partial charge in [0.05, 0.1) is 18.5 Å². The number of hydrogen-bond acceptors (Lipinski definition) is 6. The Kier molecular flexibility index (Phi) is 10.6. The highest BCUT2D eigenvalue weighted by molar-refractivity contribution is 8.03. The molecule has 0 aliphatic heterocycles. The van der Waals surface area contributed by atoms with E-state index < -0.39 is 24.0 Å². The number of carbonyl (C=O) groups is 3. The maximum atomic E-state index is 11.4. The van der Waals surface area contributed by atoms with E-state index in [2.05, 4.69) is 0 Å². The molecule has 0 aromatic heterocycles. The fourth-order valence-corrected chi connectivity index (χ4v) is 2.30. The van der Waals surface area contributed by atoms with Gasteiger partial charge in [-0.2, -0.15) is 0 Å². The molecule has 120 valence electrons. The number of allylic oxidation sites excluding steroid dienone is 1. The number of esters is 1. The predicted molar refractivity (Wildman–Crippen MR) is 79.9 cm³/mol. The lowest BCUT2D eigenvalue weighted by atomic mass is 9.99. The van der Waals surface area contributed by atoms with Crippen molar-refractivity contribution in [2.75, 3.05) is 12.4 Å². The van der Waals surface area contributed by atoms with Gasteiger partial charge in [0.15, 0.2) is 0 Å². The second-order valence-electron chi connectivity index (χ2n) is 4.54. The number of carboxylic acids is 1. The van der Waals surface area contributed by atoms with Crippen molar-refractivity contribution in [3.63, 3.8) is 0 Å². The van der Waals surface area contributed by atoms with Crippen LogP contribution in [0.25, 0.3) is 0 Å². The summed E-state index contributed by atoms with van der Waals surface area (Å²) in [5.41, 5.74) is 0. The van der Waals surface area contributed by atoms with Crippen LogP contribution in [0.5, 0.6) is 0 Å². The molecule has 0 aliphatic rings. The number of aliphatic carboxylic acids is 1. The monoisotopic (exact) mass is 318 g/mol. The van der Waals surface area contributed by atoms with Crippen molar-refractivity contribution in [2.24, 2.45) is 5.92 Å². The van der Waals surface area contributed by atoms with Crippen LogP contribution in [0.1, 0.15) is 33.1 Å². The topological polar surface area (TPSA) is 101 Å². The summed E-state index contributed by atoms with van der Waals surface area (Å²) in [7, 11) is 0. The van der Waals surface area contributed by atoms with E-state index in [0.717, 1.165) is 24.3 Å². The zero-order chi connectivity index (χ0) is 16.3. The minimum Gasteiger partial charge on any atom is -0.478 e. The molecule has 0 rings (SSSR count). The van der Waals surface area contributed by atoms with Crippen LogP contribution >= 0.6 is 11.8 Å². The lowest BCUT2D eigenvalue weighted by Crippen LogP contribution is -2.18. The molecule has 6 nitrogen and oxygen atoms in total. The molecule has 0 radical (unpaired) electrons. The van der Waals surface area contributed by atoms with Gasteiger partial charge in [0, 0.05) is 12.0 Å². The summed E-state index contributed by atoms with van der Waals surface area (Å²) in [6.45, 7) is 3.73. The first kappa shape index (κ1) is 19.7. The van der Waals surface area contributed by atoms with Crippen LogP contribution in [0.2, 0.25) is 0 Å². The van der Waals surface area contributed by atoms with Crippen LogP contribution in [0.3, 0.4) is 0 Å². The summed E-state index contributed by atoms with van der Waals surface area (Å²) in [6, 6.07) is 0. The Morgan fingerprint density at radius 1 is 1.38 bits per heavy atom. The maximum absolute atomic E-state index is 11.4. The molecular formula is C14H22O6S. The number of carbonyl (C=O) groups excluding carboxylic acids is 2. The van der Waals surface area contributed by atoms with Crippen molar-refractivity contribution in [3.8, 4) is 0 Å². The van der Waals surface area contributed by atoms with E-state index in [1.165, 1.54) is 6.92 Å². The standard InChI is InChI=1S/C14H22O6S/c1-3-6-20-14(19)9-21-12(7-13(17)18)5-4-11(8-15)10(2)16/h7-8,10-11,16H,3-6,9H2,1-2H3,(H,17,18)/b12-7-/t10-,11-/m1/s1. The third-order valence-corrected chi connectivity index (χ3v) is 3.72. The Balaban J connectivity index is 4.44. The molecule has 0 saturated heterocycles. The lowest BCUT2D eigenvalue weighted by molar-refractivity contribution is -0.140. The molecule has 0 spiro atoms. The molecular weight excluding hydrogens is 296 g/mol.